The van der Waals surface area contributed by atoms with E-state index < -0.39 is 11.5 Å². The van der Waals surface area contributed by atoms with Gasteiger partial charge in [0.15, 0.2) is 5.54 Å². The number of carbonyl (C=O) groups is 2. The topological polar surface area (TPSA) is 75.6 Å². The third-order valence-electron chi connectivity index (χ3n) is 3.32. The number of nitrogens with one attached hydrogen (secondary N) is 1. The predicted molar refractivity (Wildman–Crippen MR) is 85.3 cm³/mol. The SMILES string of the molecule is COCCCCC(=O)NC(C)(C(=O)O)c1ccc(Cl)c(Cl)c1. The van der Waals surface area contributed by atoms with E-state index in [4.69, 9.17) is 27.9 Å². The van der Waals surface area contributed by atoms with Crippen molar-refractivity contribution in [3.8, 4) is 0 Å². The first-order valence-corrected chi connectivity index (χ1v) is 7.55. The van der Waals surface area contributed by atoms with Crippen LogP contribution in [-0.2, 0) is 19.9 Å². The molecule has 0 aliphatic heterocycles. The van der Waals surface area contributed by atoms with Crippen LogP contribution in [0.1, 0.15) is 31.7 Å². The fourth-order valence-corrected chi connectivity index (χ4v) is 2.23. The Kier molecular flexibility index (Phi) is 7.13. The number of amides is 1. The van der Waals surface area contributed by atoms with Gasteiger partial charge in [-0.1, -0.05) is 29.3 Å². The summed E-state index contributed by atoms with van der Waals surface area (Å²) in [4.78, 5) is 23.6. The van der Waals surface area contributed by atoms with Crippen molar-refractivity contribution in [2.45, 2.75) is 31.7 Å². The monoisotopic (exact) mass is 347 g/mol. The molecule has 0 aliphatic rings. The summed E-state index contributed by atoms with van der Waals surface area (Å²) in [6.07, 6.45) is 1.59. The van der Waals surface area contributed by atoms with Crippen molar-refractivity contribution < 1.29 is 19.4 Å². The molecule has 5 nitrogen and oxygen atoms in total. The molecule has 1 atom stereocenters. The van der Waals surface area contributed by atoms with E-state index in [1.54, 1.807) is 7.11 Å². The van der Waals surface area contributed by atoms with Gasteiger partial charge in [0.25, 0.3) is 0 Å². The van der Waals surface area contributed by atoms with Crippen molar-refractivity contribution in [2.24, 2.45) is 0 Å². The van der Waals surface area contributed by atoms with Gasteiger partial charge in [-0.2, -0.15) is 0 Å². The minimum atomic E-state index is -1.56. The molecule has 1 amide bonds. The lowest BCUT2D eigenvalue weighted by molar-refractivity contribution is -0.147. The summed E-state index contributed by atoms with van der Waals surface area (Å²) in [5.74, 6) is -1.51. The van der Waals surface area contributed by atoms with Crippen LogP contribution in [0.25, 0.3) is 0 Å². The largest absolute Gasteiger partial charge is 0.479 e. The zero-order valence-electron chi connectivity index (χ0n) is 12.5. The molecular weight excluding hydrogens is 329 g/mol. The summed E-state index contributed by atoms with van der Waals surface area (Å²) < 4.78 is 4.90. The fourth-order valence-electron chi connectivity index (χ4n) is 1.93. The summed E-state index contributed by atoms with van der Waals surface area (Å²) in [6.45, 7) is 1.98. The normalized spacial score (nSPS) is 13.5. The minimum Gasteiger partial charge on any atom is -0.479 e. The van der Waals surface area contributed by atoms with Crippen LogP contribution in [0.2, 0.25) is 10.0 Å². The molecule has 0 saturated carbocycles. The molecule has 1 aromatic carbocycles. The van der Waals surface area contributed by atoms with Crippen molar-refractivity contribution in [3.05, 3.63) is 33.8 Å². The van der Waals surface area contributed by atoms with Gasteiger partial charge in [0.2, 0.25) is 5.91 Å². The van der Waals surface area contributed by atoms with Gasteiger partial charge < -0.3 is 15.2 Å². The van der Waals surface area contributed by atoms with E-state index in [2.05, 4.69) is 5.32 Å². The molecule has 0 aromatic heterocycles. The average molecular weight is 348 g/mol. The Morgan fingerprint density at radius 2 is 1.95 bits per heavy atom. The molecule has 1 unspecified atom stereocenters. The second kappa shape index (κ2) is 8.36. The van der Waals surface area contributed by atoms with Crippen LogP contribution >= 0.6 is 23.2 Å². The standard InChI is InChI=1S/C15H19Cl2NO4/c1-15(14(20)21,10-6-7-11(16)12(17)9-10)18-13(19)5-3-4-8-22-2/h6-7,9H,3-5,8H2,1-2H3,(H,18,19)(H,20,21). The van der Waals surface area contributed by atoms with Gasteiger partial charge in [-0.05, 0) is 37.5 Å². The van der Waals surface area contributed by atoms with Gasteiger partial charge in [-0.15, -0.1) is 0 Å². The van der Waals surface area contributed by atoms with Gasteiger partial charge in [-0.25, -0.2) is 4.79 Å². The van der Waals surface area contributed by atoms with Crippen molar-refractivity contribution in [2.75, 3.05) is 13.7 Å². The molecule has 0 fully saturated rings. The Balaban J connectivity index is 2.85. The van der Waals surface area contributed by atoms with Crippen LogP contribution in [0.5, 0.6) is 0 Å². The first-order valence-electron chi connectivity index (χ1n) is 6.80. The lowest BCUT2D eigenvalue weighted by Gasteiger charge is -2.27. The first-order chi connectivity index (χ1) is 10.3. The van der Waals surface area contributed by atoms with Crippen molar-refractivity contribution in [1.82, 2.24) is 5.32 Å². The predicted octanol–water partition coefficient (Wildman–Crippen LogP) is 3.23. The highest BCUT2D eigenvalue weighted by molar-refractivity contribution is 6.42. The average Bonchev–Trinajstić information content (AvgIpc) is 2.46. The summed E-state index contributed by atoms with van der Waals surface area (Å²) in [7, 11) is 1.59. The summed E-state index contributed by atoms with van der Waals surface area (Å²) in [5, 5.41) is 12.6. The molecule has 1 aromatic rings. The minimum absolute atomic E-state index is 0.230. The number of carbonyl (C=O) groups excluding carboxylic acids is 1. The third kappa shape index (κ3) is 4.87. The van der Waals surface area contributed by atoms with E-state index in [0.29, 0.717) is 23.6 Å². The molecule has 7 heteroatoms. The number of methoxy groups -OCH3 is 1. The summed E-state index contributed by atoms with van der Waals surface area (Å²) in [5.41, 5.74) is -1.20. The first kappa shape index (κ1) is 18.7. The van der Waals surface area contributed by atoms with Crippen LogP contribution < -0.4 is 5.32 Å². The maximum Gasteiger partial charge on any atom is 0.333 e. The van der Waals surface area contributed by atoms with Crippen molar-refractivity contribution >= 4 is 35.1 Å². The Labute approximate surface area is 139 Å². The highest BCUT2D eigenvalue weighted by Gasteiger charge is 2.37. The number of benzene rings is 1. The van der Waals surface area contributed by atoms with Crippen LogP contribution in [0.4, 0.5) is 0 Å². The lowest BCUT2D eigenvalue weighted by atomic mass is 9.91. The smallest absolute Gasteiger partial charge is 0.333 e. The van der Waals surface area contributed by atoms with Crippen LogP contribution in [0, 0.1) is 0 Å². The second-order valence-electron chi connectivity index (χ2n) is 5.06. The molecular formula is C15H19Cl2NO4. The van der Waals surface area contributed by atoms with Crippen molar-refractivity contribution in [3.63, 3.8) is 0 Å². The van der Waals surface area contributed by atoms with E-state index in [-0.39, 0.29) is 17.4 Å². The number of hydrogen-bond donors (Lipinski definition) is 2. The summed E-state index contributed by atoms with van der Waals surface area (Å²) in [6, 6.07) is 4.49. The highest BCUT2D eigenvalue weighted by atomic mass is 35.5. The number of carboxylic acid groups (broad SMARTS) is 1. The Morgan fingerprint density at radius 3 is 2.50 bits per heavy atom. The third-order valence-corrected chi connectivity index (χ3v) is 4.06. The van der Waals surface area contributed by atoms with Gasteiger partial charge in [0.05, 0.1) is 10.0 Å². The van der Waals surface area contributed by atoms with Gasteiger partial charge in [-0.3, -0.25) is 4.79 Å². The Hall–Kier alpha value is -1.30. The molecule has 0 bridgehead atoms. The molecule has 122 valence electrons. The van der Waals surface area contributed by atoms with E-state index in [0.717, 1.165) is 6.42 Å². The molecule has 0 radical (unpaired) electrons. The fraction of sp³-hybridized carbons (Fsp3) is 0.467. The molecule has 22 heavy (non-hydrogen) atoms. The van der Waals surface area contributed by atoms with Crippen LogP contribution in [0.3, 0.4) is 0 Å². The van der Waals surface area contributed by atoms with Crippen LogP contribution in [-0.4, -0.2) is 30.7 Å². The molecule has 2 N–H and O–H groups in total. The maximum atomic E-state index is 12.0. The van der Waals surface area contributed by atoms with Crippen molar-refractivity contribution in [1.29, 1.82) is 0 Å². The summed E-state index contributed by atoms with van der Waals surface area (Å²) >= 11 is 11.8. The maximum absolute atomic E-state index is 12.0. The molecule has 0 saturated heterocycles. The number of aliphatic carboxylic acids is 1. The van der Waals surface area contributed by atoms with E-state index in [1.807, 2.05) is 0 Å². The number of hydrogen-bond acceptors (Lipinski definition) is 3. The zero-order chi connectivity index (χ0) is 16.8. The Morgan fingerprint density at radius 1 is 1.27 bits per heavy atom. The van der Waals surface area contributed by atoms with Crippen LogP contribution in [0.15, 0.2) is 18.2 Å². The van der Waals surface area contributed by atoms with Gasteiger partial charge in [0.1, 0.15) is 0 Å². The van der Waals surface area contributed by atoms with E-state index >= 15 is 0 Å². The molecule has 0 spiro atoms. The highest BCUT2D eigenvalue weighted by Crippen LogP contribution is 2.29. The van der Waals surface area contributed by atoms with Gasteiger partial charge >= 0.3 is 5.97 Å². The van der Waals surface area contributed by atoms with E-state index in [1.165, 1.54) is 25.1 Å². The van der Waals surface area contributed by atoms with E-state index in [9.17, 15) is 14.7 Å². The quantitative estimate of drug-likeness (QED) is 0.708. The number of rotatable bonds is 8. The molecule has 0 aliphatic carbocycles. The number of ether oxygens (including phenoxy) is 1. The second-order valence-corrected chi connectivity index (χ2v) is 5.87. The number of carboxylic acids is 1. The molecule has 0 heterocycles. The Bertz CT molecular complexity index is 550. The van der Waals surface area contributed by atoms with Gasteiger partial charge in [0, 0.05) is 20.1 Å². The number of unbranched alkanes of at least 4 members (excludes halogenated alkanes) is 1. The lowest BCUT2D eigenvalue weighted by Crippen LogP contribution is -2.49. The number of halogens is 2. The molecule has 1 rings (SSSR count). The zero-order valence-corrected chi connectivity index (χ0v) is 14.0.